The molecule has 3 rings (SSSR count). The van der Waals surface area contributed by atoms with Gasteiger partial charge in [0.2, 0.25) is 5.91 Å². The summed E-state index contributed by atoms with van der Waals surface area (Å²) in [7, 11) is -3.96. The quantitative estimate of drug-likeness (QED) is 0.706. The van der Waals surface area contributed by atoms with Gasteiger partial charge in [0.05, 0.1) is 4.90 Å². The Hall–Kier alpha value is -2.09. The van der Waals surface area contributed by atoms with Crippen LogP contribution >= 0.6 is 23.4 Å². The van der Waals surface area contributed by atoms with E-state index in [0.717, 1.165) is 17.3 Å². The van der Waals surface area contributed by atoms with E-state index in [2.05, 4.69) is 11.0 Å². The Morgan fingerprint density at radius 2 is 1.81 bits per heavy atom. The number of thioether (sulfide) groups is 1. The molecule has 2 aromatic rings. The summed E-state index contributed by atoms with van der Waals surface area (Å²) in [5, 5.41) is 0.0356. The predicted molar refractivity (Wildman–Crippen MR) is 105 cm³/mol. The summed E-state index contributed by atoms with van der Waals surface area (Å²) < 4.78 is 29.1. The van der Waals surface area contributed by atoms with E-state index in [1.807, 2.05) is 30.3 Å². The van der Waals surface area contributed by atoms with Gasteiger partial charge in [-0.05, 0) is 29.8 Å². The number of rotatable bonds is 5. The molecule has 0 saturated carbocycles. The van der Waals surface area contributed by atoms with Gasteiger partial charge in [0, 0.05) is 11.6 Å². The normalized spacial score (nSPS) is 19.1. The van der Waals surface area contributed by atoms with Crippen molar-refractivity contribution in [3.05, 3.63) is 77.8 Å². The van der Waals surface area contributed by atoms with Crippen molar-refractivity contribution in [1.29, 1.82) is 0 Å². The van der Waals surface area contributed by atoms with Gasteiger partial charge in [-0.3, -0.25) is 9.69 Å². The van der Waals surface area contributed by atoms with Crippen molar-refractivity contribution in [2.75, 3.05) is 6.54 Å². The number of sulfonamides is 1. The van der Waals surface area contributed by atoms with Gasteiger partial charge in [-0.15, -0.1) is 11.0 Å². The van der Waals surface area contributed by atoms with Gasteiger partial charge < -0.3 is 0 Å². The average molecular weight is 407 g/mol. The van der Waals surface area contributed by atoms with Gasteiger partial charge in [-0.25, -0.2) is 0 Å². The van der Waals surface area contributed by atoms with E-state index in [-0.39, 0.29) is 22.5 Å². The zero-order valence-corrected chi connectivity index (χ0v) is 16.0. The van der Waals surface area contributed by atoms with E-state index in [1.165, 1.54) is 35.2 Å². The largest absolute Gasteiger partial charge is 0.285 e. The van der Waals surface area contributed by atoms with Gasteiger partial charge in [0.1, 0.15) is 5.25 Å². The highest BCUT2D eigenvalue weighted by Crippen LogP contribution is 2.40. The predicted octanol–water partition coefficient (Wildman–Crippen LogP) is 3.89. The number of benzene rings is 2. The lowest BCUT2D eigenvalue weighted by Gasteiger charge is -2.13. The molecule has 0 aromatic heterocycles. The van der Waals surface area contributed by atoms with Crippen LogP contribution in [-0.2, 0) is 14.8 Å². The van der Waals surface area contributed by atoms with Gasteiger partial charge >= 0.3 is 0 Å². The molecular weight excluding hydrogens is 392 g/mol. The maximum atomic E-state index is 12.7. The van der Waals surface area contributed by atoms with E-state index in [4.69, 9.17) is 11.6 Å². The lowest BCUT2D eigenvalue weighted by atomic mass is 10.1. The second-order valence-corrected chi connectivity index (χ2v) is 8.56. The summed E-state index contributed by atoms with van der Waals surface area (Å²) in [5.41, 5.74) is 0.797. The third-order valence-electron chi connectivity index (χ3n) is 3.67. The molecule has 0 N–H and O–H groups in total. The molecule has 1 amide bonds. The molecule has 1 atom stereocenters. The summed E-state index contributed by atoms with van der Waals surface area (Å²) in [6, 6.07) is 14.9. The number of carbonyl (C=O) groups excluding carboxylic acids is 1. The van der Waals surface area contributed by atoms with Crippen molar-refractivity contribution in [2.45, 2.75) is 10.1 Å². The molecule has 1 heterocycles. The van der Waals surface area contributed by atoms with Crippen LogP contribution in [-0.4, -0.2) is 30.9 Å². The number of amides is 1. The highest BCUT2D eigenvalue weighted by molar-refractivity contribution is 8.15. The molecular formula is C18H15ClN2O3S2. The van der Waals surface area contributed by atoms with Crippen LogP contribution in [0.5, 0.6) is 0 Å². The second-order valence-electron chi connectivity index (χ2n) is 5.45. The fourth-order valence-electron chi connectivity index (χ4n) is 2.42. The Morgan fingerprint density at radius 1 is 1.15 bits per heavy atom. The molecule has 134 valence electrons. The molecule has 26 heavy (non-hydrogen) atoms. The summed E-state index contributed by atoms with van der Waals surface area (Å²) >= 11 is 6.92. The topological polar surface area (TPSA) is 66.8 Å². The van der Waals surface area contributed by atoms with Gasteiger partial charge in [-0.2, -0.15) is 8.42 Å². The zero-order valence-electron chi connectivity index (χ0n) is 13.6. The van der Waals surface area contributed by atoms with E-state index >= 15 is 0 Å². The van der Waals surface area contributed by atoms with Gasteiger partial charge in [-0.1, -0.05) is 59.8 Å². The fourth-order valence-corrected chi connectivity index (χ4v) is 4.93. The molecule has 1 saturated heterocycles. The van der Waals surface area contributed by atoms with Crippen molar-refractivity contribution in [3.8, 4) is 0 Å². The average Bonchev–Trinajstić information content (AvgIpc) is 2.92. The first-order valence-corrected chi connectivity index (χ1v) is 10.4. The Labute approximate surface area is 161 Å². The van der Waals surface area contributed by atoms with Crippen molar-refractivity contribution in [2.24, 2.45) is 4.40 Å². The molecule has 8 heteroatoms. The Balaban J connectivity index is 1.98. The van der Waals surface area contributed by atoms with Crippen LogP contribution in [0, 0.1) is 0 Å². The summed E-state index contributed by atoms with van der Waals surface area (Å²) in [6.07, 6.45) is 1.54. The molecule has 0 aliphatic carbocycles. The Kier molecular flexibility index (Phi) is 5.50. The third-order valence-corrected chi connectivity index (χ3v) is 6.55. The molecule has 1 fully saturated rings. The molecule has 0 spiro atoms. The maximum absolute atomic E-state index is 12.7. The van der Waals surface area contributed by atoms with Crippen LogP contribution in [0.1, 0.15) is 10.8 Å². The summed E-state index contributed by atoms with van der Waals surface area (Å²) in [6.45, 7) is 3.82. The standard InChI is InChI=1S/C18H15ClN2O3S2/c1-2-12-21-17(22)16(13-6-4-3-5-7-13)25-18(21)20-26(23,24)15-10-8-14(19)9-11-15/h2-11,16H,1,12H2. The third kappa shape index (κ3) is 3.85. The number of hydrogen-bond donors (Lipinski definition) is 0. The molecule has 1 aliphatic rings. The first-order chi connectivity index (χ1) is 12.4. The fraction of sp³-hybridized carbons (Fsp3) is 0.111. The number of nitrogens with zero attached hydrogens (tertiary/aromatic N) is 2. The van der Waals surface area contributed by atoms with Crippen molar-refractivity contribution >= 4 is 44.5 Å². The van der Waals surface area contributed by atoms with E-state index in [9.17, 15) is 13.2 Å². The lowest BCUT2D eigenvalue weighted by molar-refractivity contribution is -0.125. The highest BCUT2D eigenvalue weighted by Gasteiger charge is 2.39. The minimum atomic E-state index is -3.96. The number of halogens is 1. The minimum absolute atomic E-state index is 0.0177. The first-order valence-electron chi connectivity index (χ1n) is 7.67. The second kappa shape index (κ2) is 7.65. The van der Waals surface area contributed by atoms with Crippen molar-refractivity contribution in [3.63, 3.8) is 0 Å². The molecule has 2 aromatic carbocycles. The summed E-state index contributed by atoms with van der Waals surface area (Å²) in [5.74, 6) is -0.217. The molecule has 0 radical (unpaired) electrons. The van der Waals surface area contributed by atoms with Gasteiger partial charge in [0.25, 0.3) is 10.0 Å². The smallest absolute Gasteiger partial charge is 0.284 e. The molecule has 1 unspecified atom stereocenters. The van der Waals surface area contributed by atoms with Crippen LogP contribution in [0.3, 0.4) is 0 Å². The first kappa shape index (κ1) is 18.7. The highest BCUT2D eigenvalue weighted by atomic mass is 35.5. The van der Waals surface area contributed by atoms with Crippen LogP contribution in [0.15, 0.2) is 76.5 Å². The minimum Gasteiger partial charge on any atom is -0.285 e. The van der Waals surface area contributed by atoms with Crippen LogP contribution in [0.25, 0.3) is 0 Å². The van der Waals surface area contributed by atoms with Crippen LogP contribution in [0.4, 0.5) is 0 Å². The van der Waals surface area contributed by atoms with Gasteiger partial charge in [0.15, 0.2) is 5.17 Å². The number of hydrogen-bond acceptors (Lipinski definition) is 4. The van der Waals surface area contributed by atoms with Crippen LogP contribution in [0.2, 0.25) is 5.02 Å². The molecule has 1 aliphatic heterocycles. The molecule has 5 nitrogen and oxygen atoms in total. The zero-order chi connectivity index (χ0) is 18.7. The van der Waals surface area contributed by atoms with E-state index < -0.39 is 15.3 Å². The Bertz CT molecular complexity index is 958. The SMILES string of the molecule is C=CCN1C(=O)C(c2ccccc2)SC1=NS(=O)(=O)c1ccc(Cl)cc1. The van der Waals surface area contributed by atoms with E-state index in [0.29, 0.717) is 5.02 Å². The monoisotopic (exact) mass is 406 g/mol. The van der Waals surface area contributed by atoms with E-state index in [1.54, 1.807) is 0 Å². The van der Waals surface area contributed by atoms with Crippen LogP contribution < -0.4 is 0 Å². The lowest BCUT2D eigenvalue weighted by Crippen LogP contribution is -2.30. The molecule has 0 bridgehead atoms. The summed E-state index contributed by atoms with van der Waals surface area (Å²) in [4.78, 5) is 14.1. The maximum Gasteiger partial charge on any atom is 0.284 e. The Morgan fingerprint density at radius 3 is 2.42 bits per heavy atom. The number of carbonyl (C=O) groups is 1. The number of amidine groups is 1. The van der Waals surface area contributed by atoms with Crippen molar-refractivity contribution < 1.29 is 13.2 Å². The van der Waals surface area contributed by atoms with Crippen molar-refractivity contribution in [1.82, 2.24) is 4.90 Å².